The maximum absolute atomic E-state index is 12.6. The summed E-state index contributed by atoms with van der Waals surface area (Å²) in [6.07, 6.45) is 1.72. The van der Waals surface area contributed by atoms with Gasteiger partial charge in [0, 0.05) is 18.3 Å². The van der Waals surface area contributed by atoms with Gasteiger partial charge in [-0.3, -0.25) is 9.59 Å². The molecule has 2 N–H and O–H groups in total. The van der Waals surface area contributed by atoms with Crippen LogP contribution in [0.5, 0.6) is 5.75 Å². The molecule has 0 aliphatic carbocycles. The second-order valence-electron chi connectivity index (χ2n) is 7.08. The fourth-order valence-corrected chi connectivity index (χ4v) is 4.78. The van der Waals surface area contributed by atoms with Gasteiger partial charge >= 0.3 is 0 Å². The highest BCUT2D eigenvalue weighted by Crippen LogP contribution is 2.26. The number of para-hydroxylation sites is 1. The average molecular weight is 495 g/mol. The van der Waals surface area contributed by atoms with E-state index in [-0.39, 0.29) is 24.0 Å². The zero-order chi connectivity index (χ0) is 23.9. The Labute approximate surface area is 204 Å². The Balaban J connectivity index is 1.37. The van der Waals surface area contributed by atoms with Gasteiger partial charge in [0.25, 0.3) is 0 Å². The summed E-state index contributed by atoms with van der Waals surface area (Å²) in [5.74, 6) is 0.816. The fourth-order valence-electron chi connectivity index (χ4n) is 3.13. The first-order chi connectivity index (χ1) is 16.6. The number of carbonyl (C=O) groups excluding carboxylic acids is 2. The van der Waals surface area contributed by atoms with Crippen molar-refractivity contribution in [3.8, 4) is 5.75 Å². The summed E-state index contributed by atoms with van der Waals surface area (Å²) < 4.78 is 7.96. The van der Waals surface area contributed by atoms with E-state index >= 15 is 0 Å². The Hall–Kier alpha value is -3.70. The van der Waals surface area contributed by atoms with Crippen molar-refractivity contribution in [2.45, 2.75) is 18.1 Å². The van der Waals surface area contributed by atoms with Crippen LogP contribution < -0.4 is 15.4 Å². The van der Waals surface area contributed by atoms with Crippen LogP contribution in [0.3, 0.4) is 0 Å². The Kier molecular flexibility index (Phi) is 7.55. The van der Waals surface area contributed by atoms with Crippen LogP contribution >= 0.6 is 23.1 Å². The predicted molar refractivity (Wildman–Crippen MR) is 135 cm³/mol. The van der Waals surface area contributed by atoms with Crippen molar-refractivity contribution in [1.29, 1.82) is 0 Å². The van der Waals surface area contributed by atoms with Gasteiger partial charge in [0.15, 0.2) is 10.3 Å². The minimum atomic E-state index is -0.240. The summed E-state index contributed by atoms with van der Waals surface area (Å²) >= 11 is 2.66. The molecule has 9 nitrogen and oxygen atoms in total. The first-order valence-corrected chi connectivity index (χ1v) is 12.1. The molecule has 2 aromatic carbocycles. The molecular weight excluding hydrogens is 472 g/mol. The van der Waals surface area contributed by atoms with Gasteiger partial charge < -0.3 is 19.9 Å². The number of methoxy groups -OCH3 is 1. The molecule has 174 valence electrons. The van der Waals surface area contributed by atoms with Crippen LogP contribution in [0.25, 0.3) is 10.2 Å². The summed E-state index contributed by atoms with van der Waals surface area (Å²) in [5.41, 5.74) is 1.47. The molecule has 2 aromatic heterocycles. The van der Waals surface area contributed by atoms with Gasteiger partial charge in [0.05, 0.1) is 29.5 Å². The van der Waals surface area contributed by atoms with Gasteiger partial charge in [0.2, 0.25) is 11.8 Å². The van der Waals surface area contributed by atoms with Crippen molar-refractivity contribution >= 4 is 55.9 Å². The molecule has 0 fully saturated rings. The Bertz CT molecular complexity index is 1300. The lowest BCUT2D eigenvalue weighted by molar-refractivity contribution is -0.116. The number of aromatic nitrogens is 4. The van der Waals surface area contributed by atoms with Crippen molar-refractivity contribution < 1.29 is 14.3 Å². The zero-order valence-corrected chi connectivity index (χ0v) is 20.0. The number of rotatable bonds is 10. The number of fused-ring (bicyclic) bond motifs is 1. The van der Waals surface area contributed by atoms with Crippen LogP contribution in [0.2, 0.25) is 0 Å². The average Bonchev–Trinajstić information content (AvgIpc) is 3.41. The van der Waals surface area contributed by atoms with Crippen molar-refractivity contribution in [2.75, 3.05) is 23.5 Å². The topological polar surface area (TPSA) is 111 Å². The number of thiazole rings is 1. The highest BCUT2D eigenvalue weighted by molar-refractivity contribution is 7.99. The molecule has 0 aliphatic heterocycles. The molecule has 2 amide bonds. The SMILES string of the molecule is C=CCn1c(CC(=O)Nc2cccc(OC)c2)nnc1SCC(=O)Nc1nc2ccccc2s1. The number of amides is 2. The highest BCUT2D eigenvalue weighted by Gasteiger charge is 2.17. The van der Waals surface area contributed by atoms with Gasteiger partial charge in [-0.05, 0) is 24.3 Å². The molecule has 0 radical (unpaired) electrons. The number of allylic oxidation sites excluding steroid dienone is 1. The monoisotopic (exact) mass is 494 g/mol. The van der Waals surface area contributed by atoms with Crippen LogP contribution in [0, 0.1) is 0 Å². The first kappa shape index (κ1) is 23.5. The number of nitrogens with zero attached hydrogens (tertiary/aromatic N) is 4. The molecule has 0 unspecified atom stereocenters. The van der Waals surface area contributed by atoms with E-state index in [1.165, 1.54) is 23.1 Å². The molecule has 0 spiro atoms. The number of carbonyl (C=O) groups is 2. The van der Waals surface area contributed by atoms with Crippen molar-refractivity contribution in [1.82, 2.24) is 19.7 Å². The third-order valence-electron chi connectivity index (χ3n) is 4.65. The van der Waals surface area contributed by atoms with Crippen LogP contribution in [-0.4, -0.2) is 44.4 Å². The largest absolute Gasteiger partial charge is 0.497 e. The Morgan fingerprint density at radius 1 is 1.15 bits per heavy atom. The van der Waals surface area contributed by atoms with E-state index in [1.807, 2.05) is 24.3 Å². The van der Waals surface area contributed by atoms with Gasteiger partial charge in [0.1, 0.15) is 11.6 Å². The van der Waals surface area contributed by atoms with E-state index in [1.54, 1.807) is 42.0 Å². The van der Waals surface area contributed by atoms with Gasteiger partial charge in [-0.15, -0.1) is 16.8 Å². The number of anilines is 2. The fraction of sp³-hybridized carbons (Fsp3) is 0.174. The van der Waals surface area contributed by atoms with Crippen LogP contribution in [0.1, 0.15) is 5.82 Å². The minimum Gasteiger partial charge on any atom is -0.497 e. The maximum Gasteiger partial charge on any atom is 0.236 e. The summed E-state index contributed by atoms with van der Waals surface area (Å²) in [5, 5.41) is 15.1. The molecule has 34 heavy (non-hydrogen) atoms. The number of hydrogen-bond donors (Lipinski definition) is 2. The summed E-state index contributed by atoms with van der Waals surface area (Å²) in [7, 11) is 1.57. The van der Waals surface area contributed by atoms with E-state index in [0.717, 1.165) is 10.2 Å². The zero-order valence-electron chi connectivity index (χ0n) is 18.4. The molecule has 0 saturated carbocycles. The second-order valence-corrected chi connectivity index (χ2v) is 9.05. The summed E-state index contributed by atoms with van der Waals surface area (Å²) in [6.45, 7) is 4.18. The normalized spacial score (nSPS) is 10.7. The second kappa shape index (κ2) is 10.9. The van der Waals surface area contributed by atoms with Crippen molar-refractivity contribution in [2.24, 2.45) is 0 Å². The van der Waals surface area contributed by atoms with E-state index in [0.29, 0.717) is 34.1 Å². The molecule has 2 heterocycles. The summed E-state index contributed by atoms with van der Waals surface area (Å²) in [6, 6.07) is 14.8. The van der Waals surface area contributed by atoms with Gasteiger partial charge in [-0.2, -0.15) is 0 Å². The number of ether oxygens (including phenoxy) is 1. The molecule has 0 saturated heterocycles. The van der Waals surface area contributed by atoms with Crippen LogP contribution in [0.15, 0.2) is 66.3 Å². The lowest BCUT2D eigenvalue weighted by Crippen LogP contribution is -2.18. The third-order valence-corrected chi connectivity index (χ3v) is 6.57. The lowest BCUT2D eigenvalue weighted by atomic mass is 10.3. The number of thioether (sulfide) groups is 1. The van der Waals surface area contributed by atoms with Crippen molar-refractivity contribution in [3.63, 3.8) is 0 Å². The quantitative estimate of drug-likeness (QED) is 0.253. The molecule has 4 rings (SSSR count). The Morgan fingerprint density at radius 3 is 2.79 bits per heavy atom. The van der Waals surface area contributed by atoms with Gasteiger partial charge in [-0.1, -0.05) is 47.4 Å². The number of nitrogens with one attached hydrogen (secondary N) is 2. The highest BCUT2D eigenvalue weighted by atomic mass is 32.2. The van der Waals surface area contributed by atoms with Crippen LogP contribution in [-0.2, 0) is 22.6 Å². The molecule has 0 bridgehead atoms. The van der Waals surface area contributed by atoms with Gasteiger partial charge in [-0.25, -0.2) is 4.98 Å². The summed E-state index contributed by atoms with van der Waals surface area (Å²) in [4.78, 5) is 29.4. The first-order valence-electron chi connectivity index (χ1n) is 10.3. The minimum absolute atomic E-state index is 0.0243. The smallest absolute Gasteiger partial charge is 0.236 e. The molecular formula is C23H22N6O3S2. The third kappa shape index (κ3) is 5.80. The van der Waals surface area contributed by atoms with E-state index in [2.05, 4.69) is 32.4 Å². The van der Waals surface area contributed by atoms with Crippen molar-refractivity contribution in [3.05, 3.63) is 67.0 Å². The van der Waals surface area contributed by atoms with E-state index in [9.17, 15) is 9.59 Å². The molecule has 0 aliphatic rings. The van der Waals surface area contributed by atoms with E-state index < -0.39 is 0 Å². The molecule has 4 aromatic rings. The van der Waals surface area contributed by atoms with Crippen LogP contribution in [0.4, 0.5) is 10.8 Å². The molecule has 0 atom stereocenters. The van der Waals surface area contributed by atoms with E-state index in [4.69, 9.17) is 4.74 Å². The number of hydrogen-bond acceptors (Lipinski definition) is 8. The molecule has 11 heteroatoms. The standard InChI is InChI=1S/C23H22N6O3S2/c1-3-11-29-19(13-20(30)24-15-7-6-8-16(12-15)32-2)27-28-23(29)33-14-21(31)26-22-25-17-9-4-5-10-18(17)34-22/h3-10,12H,1,11,13-14H2,2H3,(H,24,30)(H,25,26,31). The predicted octanol–water partition coefficient (Wildman–Crippen LogP) is 3.99. The Morgan fingerprint density at radius 2 is 2.00 bits per heavy atom. The number of benzene rings is 2. The lowest BCUT2D eigenvalue weighted by Gasteiger charge is -2.09. The maximum atomic E-state index is 12.6.